The second-order valence-corrected chi connectivity index (χ2v) is 5.20. The van der Waals surface area contributed by atoms with Gasteiger partial charge >= 0.3 is 0 Å². The summed E-state index contributed by atoms with van der Waals surface area (Å²) in [5.41, 5.74) is 0.0510. The minimum Gasteiger partial charge on any atom is -0.388 e. The fourth-order valence-electron chi connectivity index (χ4n) is 2.57. The van der Waals surface area contributed by atoms with Crippen molar-refractivity contribution in [1.29, 1.82) is 0 Å². The van der Waals surface area contributed by atoms with Gasteiger partial charge in [-0.2, -0.15) is 0 Å². The molecule has 1 saturated heterocycles. The van der Waals surface area contributed by atoms with E-state index >= 15 is 0 Å². The average Bonchev–Trinajstić information content (AvgIpc) is 2.32. The molecule has 0 radical (unpaired) electrons. The fraction of sp³-hybridized carbons (Fsp3) is 0.571. The minimum absolute atomic E-state index is 0.0510. The maximum absolute atomic E-state index is 13.5. The van der Waals surface area contributed by atoms with Gasteiger partial charge in [-0.1, -0.05) is 6.92 Å². The van der Waals surface area contributed by atoms with Crippen LogP contribution in [-0.2, 0) is 0 Å². The molecule has 1 heterocycles. The van der Waals surface area contributed by atoms with Gasteiger partial charge in [-0.05, 0) is 49.9 Å². The lowest BCUT2D eigenvalue weighted by atomic mass is 9.90. The summed E-state index contributed by atoms with van der Waals surface area (Å²) in [6.45, 7) is 3.09. The maximum Gasteiger partial charge on any atom is 0.129 e. The number of aliphatic hydroxyl groups is 1. The standard InChI is InChI=1S/C14H19F2NO/c1-9-4-5-17-11(6-9)8-14(18)12-7-10(15)2-3-13(12)16/h2-3,7,9,11,14,17-18H,4-6,8H2,1H3. The van der Waals surface area contributed by atoms with E-state index in [2.05, 4.69) is 12.2 Å². The number of hydrogen-bond acceptors (Lipinski definition) is 2. The van der Waals surface area contributed by atoms with Gasteiger partial charge < -0.3 is 10.4 Å². The summed E-state index contributed by atoms with van der Waals surface area (Å²) in [6.07, 6.45) is 1.56. The highest BCUT2D eigenvalue weighted by Gasteiger charge is 2.23. The highest BCUT2D eigenvalue weighted by atomic mass is 19.1. The lowest BCUT2D eigenvalue weighted by Gasteiger charge is -2.29. The molecule has 0 aromatic heterocycles. The van der Waals surface area contributed by atoms with E-state index < -0.39 is 17.7 Å². The van der Waals surface area contributed by atoms with Crippen molar-refractivity contribution in [2.45, 2.75) is 38.3 Å². The molecule has 0 aliphatic carbocycles. The number of piperidine rings is 1. The second kappa shape index (κ2) is 5.76. The van der Waals surface area contributed by atoms with Crippen LogP contribution in [0.5, 0.6) is 0 Å². The Labute approximate surface area is 106 Å². The zero-order valence-corrected chi connectivity index (χ0v) is 10.5. The second-order valence-electron chi connectivity index (χ2n) is 5.20. The van der Waals surface area contributed by atoms with Crippen LogP contribution in [-0.4, -0.2) is 17.7 Å². The quantitative estimate of drug-likeness (QED) is 0.870. The van der Waals surface area contributed by atoms with Crippen LogP contribution < -0.4 is 5.32 Å². The van der Waals surface area contributed by atoms with Crippen molar-refractivity contribution in [3.63, 3.8) is 0 Å². The highest BCUT2D eigenvalue weighted by molar-refractivity contribution is 5.21. The molecule has 2 N–H and O–H groups in total. The van der Waals surface area contributed by atoms with Crippen molar-refractivity contribution in [3.05, 3.63) is 35.4 Å². The van der Waals surface area contributed by atoms with Crippen LogP contribution in [0.2, 0.25) is 0 Å². The van der Waals surface area contributed by atoms with Crippen LogP contribution in [0.4, 0.5) is 8.78 Å². The highest BCUT2D eigenvalue weighted by Crippen LogP contribution is 2.26. The normalized spacial score (nSPS) is 26.0. The van der Waals surface area contributed by atoms with Gasteiger partial charge in [0.2, 0.25) is 0 Å². The zero-order chi connectivity index (χ0) is 13.1. The van der Waals surface area contributed by atoms with Crippen LogP contribution in [0.15, 0.2) is 18.2 Å². The largest absolute Gasteiger partial charge is 0.388 e. The number of aliphatic hydroxyl groups excluding tert-OH is 1. The van der Waals surface area contributed by atoms with Crippen molar-refractivity contribution < 1.29 is 13.9 Å². The molecule has 1 aromatic carbocycles. The molecule has 2 nitrogen and oxygen atoms in total. The molecule has 1 aliphatic rings. The molecule has 0 saturated carbocycles. The molecule has 18 heavy (non-hydrogen) atoms. The summed E-state index contributed by atoms with van der Waals surface area (Å²) in [5, 5.41) is 13.3. The molecule has 1 fully saturated rings. The summed E-state index contributed by atoms with van der Waals surface area (Å²) in [6, 6.07) is 3.37. The molecule has 0 amide bonds. The molecule has 0 spiro atoms. The van der Waals surface area contributed by atoms with Crippen LogP contribution >= 0.6 is 0 Å². The van der Waals surface area contributed by atoms with Gasteiger partial charge in [-0.25, -0.2) is 8.78 Å². The van der Waals surface area contributed by atoms with Gasteiger partial charge in [-0.3, -0.25) is 0 Å². The summed E-state index contributed by atoms with van der Waals surface area (Å²) in [5.74, 6) is -0.455. The van der Waals surface area contributed by atoms with E-state index in [0.717, 1.165) is 37.6 Å². The molecular weight excluding hydrogens is 236 g/mol. The first-order chi connectivity index (χ1) is 8.56. The number of hydrogen-bond donors (Lipinski definition) is 2. The zero-order valence-electron chi connectivity index (χ0n) is 10.5. The van der Waals surface area contributed by atoms with Crippen LogP contribution in [0.3, 0.4) is 0 Å². The van der Waals surface area contributed by atoms with Gasteiger partial charge in [0, 0.05) is 11.6 Å². The van der Waals surface area contributed by atoms with Gasteiger partial charge in [0.1, 0.15) is 11.6 Å². The van der Waals surface area contributed by atoms with Crippen LogP contribution in [0, 0.1) is 17.6 Å². The molecule has 3 atom stereocenters. The molecule has 1 aromatic rings. The third-order valence-electron chi connectivity index (χ3n) is 3.58. The third-order valence-corrected chi connectivity index (χ3v) is 3.58. The first-order valence-corrected chi connectivity index (χ1v) is 6.42. The first-order valence-electron chi connectivity index (χ1n) is 6.42. The lowest BCUT2D eigenvalue weighted by Crippen LogP contribution is -2.38. The van der Waals surface area contributed by atoms with Crippen molar-refractivity contribution >= 4 is 0 Å². The molecule has 3 unspecified atom stereocenters. The molecule has 1 aliphatic heterocycles. The topological polar surface area (TPSA) is 32.3 Å². The van der Waals surface area contributed by atoms with E-state index in [1.807, 2.05) is 0 Å². The molecule has 4 heteroatoms. The Morgan fingerprint density at radius 1 is 1.44 bits per heavy atom. The number of benzene rings is 1. The Bertz CT molecular complexity index is 411. The monoisotopic (exact) mass is 255 g/mol. The summed E-state index contributed by atoms with van der Waals surface area (Å²) in [4.78, 5) is 0. The summed E-state index contributed by atoms with van der Waals surface area (Å²) >= 11 is 0. The Kier molecular flexibility index (Phi) is 4.30. The molecule has 100 valence electrons. The predicted octanol–water partition coefficient (Wildman–Crippen LogP) is 2.78. The Morgan fingerprint density at radius 3 is 2.94 bits per heavy atom. The third kappa shape index (κ3) is 3.27. The molecule has 2 rings (SSSR count). The van der Waals surface area contributed by atoms with Crippen LogP contribution in [0.25, 0.3) is 0 Å². The van der Waals surface area contributed by atoms with Gasteiger partial charge in [-0.15, -0.1) is 0 Å². The number of halogens is 2. The summed E-state index contributed by atoms with van der Waals surface area (Å²) < 4.78 is 26.6. The van der Waals surface area contributed by atoms with Crippen LogP contribution in [0.1, 0.15) is 37.9 Å². The maximum atomic E-state index is 13.5. The Hall–Kier alpha value is -1.00. The van der Waals surface area contributed by atoms with Crippen molar-refractivity contribution in [1.82, 2.24) is 5.32 Å². The van der Waals surface area contributed by atoms with E-state index in [1.165, 1.54) is 0 Å². The van der Waals surface area contributed by atoms with Crippen molar-refractivity contribution in [2.75, 3.05) is 6.54 Å². The van der Waals surface area contributed by atoms with Gasteiger partial charge in [0.25, 0.3) is 0 Å². The Balaban J connectivity index is 2.02. The SMILES string of the molecule is CC1CCNC(CC(O)c2cc(F)ccc2F)C1. The molecular formula is C14H19F2NO. The lowest BCUT2D eigenvalue weighted by molar-refractivity contribution is 0.134. The van der Waals surface area contributed by atoms with E-state index in [-0.39, 0.29) is 11.6 Å². The van der Waals surface area contributed by atoms with E-state index in [1.54, 1.807) is 0 Å². The smallest absolute Gasteiger partial charge is 0.129 e. The van der Waals surface area contributed by atoms with E-state index in [9.17, 15) is 13.9 Å². The molecule has 0 bridgehead atoms. The van der Waals surface area contributed by atoms with Gasteiger partial charge in [0.15, 0.2) is 0 Å². The summed E-state index contributed by atoms with van der Waals surface area (Å²) in [7, 11) is 0. The average molecular weight is 255 g/mol. The first kappa shape index (κ1) is 13.4. The fourth-order valence-corrected chi connectivity index (χ4v) is 2.57. The van der Waals surface area contributed by atoms with E-state index in [0.29, 0.717) is 12.3 Å². The number of nitrogens with one attached hydrogen (secondary N) is 1. The van der Waals surface area contributed by atoms with Crippen molar-refractivity contribution in [3.8, 4) is 0 Å². The predicted molar refractivity (Wildman–Crippen MR) is 66.1 cm³/mol. The Morgan fingerprint density at radius 2 is 2.22 bits per heavy atom. The van der Waals surface area contributed by atoms with Gasteiger partial charge in [0.05, 0.1) is 6.10 Å². The number of rotatable bonds is 3. The minimum atomic E-state index is -0.955. The van der Waals surface area contributed by atoms with Crippen molar-refractivity contribution in [2.24, 2.45) is 5.92 Å². The van der Waals surface area contributed by atoms with E-state index in [4.69, 9.17) is 0 Å².